The molecule has 1 saturated carbocycles. The predicted octanol–water partition coefficient (Wildman–Crippen LogP) is 3.74. The molecule has 0 bridgehead atoms. The monoisotopic (exact) mass is 312 g/mol. The van der Waals surface area contributed by atoms with E-state index in [0.717, 1.165) is 18.9 Å². The van der Waals surface area contributed by atoms with Crippen molar-refractivity contribution in [2.45, 2.75) is 44.4 Å². The molecule has 120 valence electrons. The smallest absolute Gasteiger partial charge is 0.335 e. The third kappa shape index (κ3) is 2.16. The van der Waals surface area contributed by atoms with E-state index in [0.29, 0.717) is 0 Å². The first-order valence-electron chi connectivity index (χ1n) is 7.52. The highest BCUT2D eigenvalue weighted by atomic mass is 19.4. The average molecular weight is 312 g/mol. The van der Waals surface area contributed by atoms with Crippen LogP contribution in [0.15, 0.2) is 24.3 Å². The Morgan fingerprint density at radius 3 is 2.45 bits per heavy atom. The summed E-state index contributed by atoms with van der Waals surface area (Å²) < 4.78 is 40.4. The van der Waals surface area contributed by atoms with Crippen LogP contribution in [0.5, 0.6) is 0 Å². The largest absolute Gasteiger partial charge is 0.416 e. The molecule has 1 aliphatic carbocycles. The molecule has 1 unspecified atom stereocenters. The minimum Gasteiger partial charge on any atom is -0.335 e. The molecular formula is C16H19F3N2O. The van der Waals surface area contributed by atoms with Gasteiger partial charge in [-0.1, -0.05) is 32.0 Å². The van der Waals surface area contributed by atoms with E-state index in [-0.39, 0.29) is 30.1 Å². The SMILES string of the molecule is CC(C)C1(c2ccccc2C(F)(F)F)CNC(=O)N1C1CC1. The fourth-order valence-corrected chi connectivity index (χ4v) is 3.51. The molecule has 0 spiro atoms. The molecule has 3 nitrogen and oxygen atoms in total. The molecule has 22 heavy (non-hydrogen) atoms. The lowest BCUT2D eigenvalue weighted by Crippen LogP contribution is -2.50. The summed E-state index contributed by atoms with van der Waals surface area (Å²) in [7, 11) is 0. The fourth-order valence-electron chi connectivity index (χ4n) is 3.51. The highest BCUT2D eigenvalue weighted by Gasteiger charge is 2.56. The number of amides is 2. The Labute approximate surface area is 127 Å². The summed E-state index contributed by atoms with van der Waals surface area (Å²) in [4.78, 5) is 13.9. The third-order valence-electron chi connectivity index (χ3n) is 4.72. The van der Waals surface area contributed by atoms with E-state index >= 15 is 0 Å². The fraction of sp³-hybridized carbons (Fsp3) is 0.562. The van der Waals surface area contributed by atoms with Gasteiger partial charge in [0.15, 0.2) is 0 Å². The first-order valence-corrected chi connectivity index (χ1v) is 7.52. The molecule has 1 N–H and O–H groups in total. The number of alkyl halides is 3. The molecule has 1 aromatic rings. The van der Waals surface area contributed by atoms with Crippen LogP contribution in [0.4, 0.5) is 18.0 Å². The lowest BCUT2D eigenvalue weighted by molar-refractivity contribution is -0.139. The number of rotatable bonds is 3. The second kappa shape index (κ2) is 4.89. The summed E-state index contributed by atoms with van der Waals surface area (Å²) in [6.45, 7) is 3.97. The zero-order valence-electron chi connectivity index (χ0n) is 12.6. The van der Waals surface area contributed by atoms with Crippen molar-refractivity contribution >= 4 is 6.03 Å². The van der Waals surface area contributed by atoms with Crippen molar-refractivity contribution in [3.05, 3.63) is 35.4 Å². The second-order valence-electron chi connectivity index (χ2n) is 6.38. The Bertz CT molecular complexity index is 595. The minimum absolute atomic E-state index is 0.0474. The number of hydrogen-bond donors (Lipinski definition) is 1. The molecule has 1 saturated heterocycles. The van der Waals surface area contributed by atoms with Gasteiger partial charge in [0.1, 0.15) is 0 Å². The highest BCUT2D eigenvalue weighted by molar-refractivity contribution is 5.79. The molecule has 1 aromatic carbocycles. The maximum absolute atomic E-state index is 13.5. The molecule has 1 heterocycles. The van der Waals surface area contributed by atoms with Crippen molar-refractivity contribution < 1.29 is 18.0 Å². The lowest BCUT2D eigenvalue weighted by Gasteiger charge is -2.42. The number of urea groups is 1. The van der Waals surface area contributed by atoms with Crippen LogP contribution in [-0.4, -0.2) is 23.5 Å². The standard InChI is InChI=1S/C16H19F3N2O/c1-10(2)15(9-20-14(22)21(15)11-7-8-11)12-5-3-4-6-13(12)16(17,18)19/h3-6,10-11H,7-9H2,1-2H3,(H,20,22). The van der Waals surface area contributed by atoms with Gasteiger partial charge >= 0.3 is 12.2 Å². The van der Waals surface area contributed by atoms with Crippen molar-refractivity contribution in [1.29, 1.82) is 0 Å². The first-order chi connectivity index (χ1) is 10.3. The number of nitrogens with one attached hydrogen (secondary N) is 1. The average Bonchev–Trinajstić information content (AvgIpc) is 3.21. The second-order valence-corrected chi connectivity index (χ2v) is 6.38. The van der Waals surface area contributed by atoms with E-state index in [1.165, 1.54) is 12.1 Å². The van der Waals surface area contributed by atoms with Gasteiger partial charge in [-0.15, -0.1) is 0 Å². The Morgan fingerprint density at radius 1 is 1.27 bits per heavy atom. The summed E-state index contributed by atoms with van der Waals surface area (Å²) >= 11 is 0. The maximum Gasteiger partial charge on any atom is 0.416 e. The van der Waals surface area contributed by atoms with Crippen molar-refractivity contribution in [3.63, 3.8) is 0 Å². The first kappa shape index (κ1) is 15.2. The van der Waals surface area contributed by atoms with Gasteiger partial charge in [0.25, 0.3) is 0 Å². The van der Waals surface area contributed by atoms with Crippen LogP contribution in [0.3, 0.4) is 0 Å². The van der Waals surface area contributed by atoms with Crippen LogP contribution >= 0.6 is 0 Å². The highest BCUT2D eigenvalue weighted by Crippen LogP contribution is 2.48. The van der Waals surface area contributed by atoms with Gasteiger partial charge in [0, 0.05) is 12.6 Å². The van der Waals surface area contributed by atoms with Gasteiger partial charge in [-0.3, -0.25) is 0 Å². The van der Waals surface area contributed by atoms with E-state index in [1.54, 1.807) is 11.0 Å². The van der Waals surface area contributed by atoms with E-state index < -0.39 is 17.3 Å². The van der Waals surface area contributed by atoms with Crippen LogP contribution in [-0.2, 0) is 11.7 Å². The summed E-state index contributed by atoms with van der Waals surface area (Å²) in [5.74, 6) is -0.129. The van der Waals surface area contributed by atoms with Crippen LogP contribution in [0, 0.1) is 5.92 Å². The zero-order valence-corrected chi connectivity index (χ0v) is 12.6. The topological polar surface area (TPSA) is 32.3 Å². The van der Waals surface area contributed by atoms with Crippen LogP contribution in [0.2, 0.25) is 0 Å². The van der Waals surface area contributed by atoms with Crippen LogP contribution < -0.4 is 5.32 Å². The predicted molar refractivity (Wildman–Crippen MR) is 76.2 cm³/mol. The van der Waals surface area contributed by atoms with Gasteiger partial charge in [0.05, 0.1) is 11.1 Å². The minimum atomic E-state index is -4.43. The molecule has 2 fully saturated rings. The van der Waals surface area contributed by atoms with E-state index in [1.807, 2.05) is 13.8 Å². The van der Waals surface area contributed by atoms with E-state index in [4.69, 9.17) is 0 Å². The zero-order chi connectivity index (χ0) is 16.1. The molecule has 0 aromatic heterocycles. The van der Waals surface area contributed by atoms with Crippen LogP contribution in [0.25, 0.3) is 0 Å². The maximum atomic E-state index is 13.5. The Kier molecular flexibility index (Phi) is 3.38. The van der Waals surface area contributed by atoms with Crippen molar-refractivity contribution in [2.24, 2.45) is 5.92 Å². The summed E-state index contributed by atoms with van der Waals surface area (Å²) in [5, 5.41) is 2.76. The third-order valence-corrected chi connectivity index (χ3v) is 4.72. The van der Waals surface area contributed by atoms with E-state index in [9.17, 15) is 18.0 Å². The number of halogens is 3. The lowest BCUT2D eigenvalue weighted by atomic mass is 9.77. The Hall–Kier alpha value is -1.72. The van der Waals surface area contributed by atoms with Gasteiger partial charge in [-0.2, -0.15) is 13.2 Å². The molecule has 1 atom stereocenters. The van der Waals surface area contributed by atoms with E-state index in [2.05, 4.69) is 5.32 Å². The van der Waals surface area contributed by atoms with Gasteiger partial charge < -0.3 is 10.2 Å². The van der Waals surface area contributed by atoms with Gasteiger partial charge in [-0.25, -0.2) is 4.79 Å². The molecule has 6 heteroatoms. The molecule has 0 radical (unpaired) electrons. The van der Waals surface area contributed by atoms with Gasteiger partial charge in [0.2, 0.25) is 0 Å². The number of carbonyl (C=O) groups excluding carboxylic acids is 1. The van der Waals surface area contributed by atoms with Crippen molar-refractivity contribution in [2.75, 3.05) is 6.54 Å². The molecule has 3 rings (SSSR count). The number of carbonyl (C=O) groups is 1. The molecule has 2 amide bonds. The quantitative estimate of drug-likeness (QED) is 0.906. The Morgan fingerprint density at radius 2 is 1.91 bits per heavy atom. The number of nitrogens with zero attached hydrogens (tertiary/aromatic N) is 1. The molecule has 1 aliphatic heterocycles. The summed E-state index contributed by atoms with van der Waals surface area (Å²) in [6.07, 6.45) is -2.72. The number of hydrogen-bond acceptors (Lipinski definition) is 1. The molecular weight excluding hydrogens is 293 g/mol. The summed E-state index contributed by atoms with van der Waals surface area (Å²) in [5.41, 5.74) is -1.39. The normalized spacial score (nSPS) is 25.7. The van der Waals surface area contributed by atoms with Crippen molar-refractivity contribution in [1.82, 2.24) is 10.2 Å². The van der Waals surface area contributed by atoms with Gasteiger partial charge in [-0.05, 0) is 30.4 Å². The number of benzene rings is 1. The summed E-state index contributed by atoms with van der Waals surface area (Å²) in [6, 6.07) is 5.42. The van der Waals surface area contributed by atoms with Crippen LogP contribution in [0.1, 0.15) is 37.8 Å². The molecule has 2 aliphatic rings. The Balaban J connectivity index is 2.19. The van der Waals surface area contributed by atoms with Crippen molar-refractivity contribution in [3.8, 4) is 0 Å².